The van der Waals surface area contributed by atoms with E-state index >= 15 is 0 Å². The van der Waals surface area contributed by atoms with Crippen LogP contribution in [0.4, 0.5) is 22.0 Å². The van der Waals surface area contributed by atoms with Crippen molar-refractivity contribution in [1.82, 2.24) is 4.98 Å². The summed E-state index contributed by atoms with van der Waals surface area (Å²) in [6.45, 7) is 17.9. The van der Waals surface area contributed by atoms with Crippen molar-refractivity contribution in [2.45, 2.75) is 71.8 Å². The Morgan fingerprint density at radius 3 is 2.53 bits per heavy atom. The fourth-order valence-electron chi connectivity index (χ4n) is 3.75. The molecule has 0 saturated carbocycles. The quantitative estimate of drug-likeness (QED) is 0.189. The second kappa shape index (κ2) is 12.9. The fourth-order valence-corrected chi connectivity index (χ4v) is 4.32. The number of benzene rings is 1. The Kier molecular flexibility index (Phi) is 10.2. The molecular formula is C28H44N4O5Si. The standard InChI is InChI=1S/C28H44N4O5Si/c1-21(38(5,6)7)36-20-35-19-24-16-25(31-11-13-34-14-12-31)17-26(30-24)32(27(33)37-28(2,3)4)18-22-9-8-10-23(29)15-22/h8-10,15-17,21H,11-14,18-20,29H2,1-7H3. The monoisotopic (exact) mass is 544 g/mol. The van der Waals surface area contributed by atoms with Crippen molar-refractivity contribution in [2.24, 2.45) is 0 Å². The Morgan fingerprint density at radius 1 is 1.18 bits per heavy atom. The van der Waals surface area contributed by atoms with Crippen LogP contribution in [0, 0.1) is 0 Å². The van der Waals surface area contributed by atoms with Crippen molar-refractivity contribution in [3.8, 4) is 0 Å². The second-order valence-corrected chi connectivity index (χ2v) is 17.3. The van der Waals surface area contributed by atoms with E-state index in [2.05, 4.69) is 31.5 Å². The van der Waals surface area contributed by atoms with Gasteiger partial charge in [0.1, 0.15) is 18.2 Å². The summed E-state index contributed by atoms with van der Waals surface area (Å²) >= 11 is 0. The zero-order valence-electron chi connectivity index (χ0n) is 24.0. The van der Waals surface area contributed by atoms with Crippen LogP contribution in [0.2, 0.25) is 19.6 Å². The van der Waals surface area contributed by atoms with Crippen LogP contribution in [0.15, 0.2) is 36.4 Å². The number of nitrogen functional groups attached to an aromatic ring is 1. The number of nitrogens with two attached hydrogens (primary N) is 1. The highest BCUT2D eigenvalue weighted by Crippen LogP contribution is 2.27. The van der Waals surface area contributed by atoms with Crippen LogP contribution in [0.25, 0.3) is 0 Å². The van der Waals surface area contributed by atoms with Gasteiger partial charge in [-0.1, -0.05) is 31.8 Å². The van der Waals surface area contributed by atoms with Gasteiger partial charge in [-0.05, 0) is 51.5 Å². The molecule has 2 aromatic rings. The molecular weight excluding hydrogens is 500 g/mol. The molecule has 0 spiro atoms. The van der Waals surface area contributed by atoms with Crippen LogP contribution in [0.5, 0.6) is 0 Å². The zero-order chi connectivity index (χ0) is 27.9. The highest BCUT2D eigenvalue weighted by Gasteiger charge is 2.27. The highest BCUT2D eigenvalue weighted by atomic mass is 28.3. The van der Waals surface area contributed by atoms with Gasteiger partial charge in [0.2, 0.25) is 0 Å². The Balaban J connectivity index is 1.91. The Morgan fingerprint density at radius 2 is 1.89 bits per heavy atom. The fraction of sp³-hybridized carbons (Fsp3) is 0.571. The Labute approximate surface area is 228 Å². The van der Waals surface area contributed by atoms with Gasteiger partial charge < -0.3 is 29.6 Å². The Hall–Kier alpha value is -2.66. The van der Waals surface area contributed by atoms with E-state index in [0.29, 0.717) is 30.4 Å². The van der Waals surface area contributed by atoms with Crippen LogP contribution in [-0.2, 0) is 32.1 Å². The molecule has 0 aliphatic carbocycles. The first-order valence-electron chi connectivity index (χ1n) is 13.2. The van der Waals surface area contributed by atoms with Crippen molar-refractivity contribution >= 4 is 31.4 Å². The van der Waals surface area contributed by atoms with E-state index in [9.17, 15) is 4.79 Å². The first kappa shape index (κ1) is 29.9. The van der Waals surface area contributed by atoms with Gasteiger partial charge in [-0.3, -0.25) is 4.90 Å². The molecule has 1 aliphatic heterocycles. The number of hydrogen-bond acceptors (Lipinski definition) is 8. The minimum atomic E-state index is -1.42. The van der Waals surface area contributed by atoms with Gasteiger partial charge in [-0.2, -0.15) is 0 Å². The van der Waals surface area contributed by atoms with Gasteiger partial charge >= 0.3 is 6.09 Å². The largest absolute Gasteiger partial charge is 0.443 e. The molecule has 2 N–H and O–H groups in total. The van der Waals surface area contributed by atoms with Crippen LogP contribution in [0.3, 0.4) is 0 Å². The van der Waals surface area contributed by atoms with E-state index in [1.807, 2.05) is 57.2 Å². The zero-order valence-corrected chi connectivity index (χ0v) is 25.0. The summed E-state index contributed by atoms with van der Waals surface area (Å²) in [4.78, 5) is 22.0. The molecule has 1 aliphatic rings. The van der Waals surface area contributed by atoms with Gasteiger partial charge in [-0.15, -0.1) is 0 Å². The molecule has 0 radical (unpaired) electrons. The molecule has 1 aromatic carbocycles. The van der Waals surface area contributed by atoms with Crippen LogP contribution in [-0.4, -0.2) is 63.6 Å². The van der Waals surface area contributed by atoms with E-state index in [1.54, 1.807) is 4.90 Å². The summed E-state index contributed by atoms with van der Waals surface area (Å²) in [7, 11) is -1.42. The predicted molar refractivity (Wildman–Crippen MR) is 154 cm³/mol. The third kappa shape index (κ3) is 9.27. The lowest BCUT2D eigenvalue weighted by Crippen LogP contribution is -2.38. The third-order valence-electron chi connectivity index (χ3n) is 6.28. The molecule has 1 saturated heterocycles. The number of rotatable bonds is 10. The number of pyridine rings is 1. The minimum absolute atomic E-state index is 0.173. The lowest BCUT2D eigenvalue weighted by Gasteiger charge is -2.31. The second-order valence-electron chi connectivity index (χ2n) is 11.7. The molecule has 0 bridgehead atoms. The van der Waals surface area contributed by atoms with Gasteiger partial charge in [-0.25, -0.2) is 9.78 Å². The molecule has 1 unspecified atom stereocenters. The van der Waals surface area contributed by atoms with Crippen LogP contribution in [0.1, 0.15) is 39.0 Å². The van der Waals surface area contributed by atoms with Crippen LogP contribution >= 0.6 is 0 Å². The molecule has 1 amide bonds. The number of hydrogen-bond donors (Lipinski definition) is 1. The van der Waals surface area contributed by atoms with Crippen LogP contribution < -0.4 is 15.5 Å². The molecule has 38 heavy (non-hydrogen) atoms. The van der Waals surface area contributed by atoms with E-state index in [1.165, 1.54) is 0 Å². The van der Waals surface area contributed by atoms with Gasteiger partial charge in [0, 0.05) is 36.3 Å². The van der Waals surface area contributed by atoms with E-state index in [4.69, 9.17) is 29.7 Å². The summed E-state index contributed by atoms with van der Waals surface area (Å²) in [6, 6.07) is 11.4. The summed E-state index contributed by atoms with van der Waals surface area (Å²) in [6.07, 6.45) is -0.481. The van der Waals surface area contributed by atoms with Crippen molar-refractivity contribution < 1.29 is 23.7 Å². The highest BCUT2D eigenvalue weighted by molar-refractivity contribution is 6.77. The first-order valence-corrected chi connectivity index (χ1v) is 16.8. The summed E-state index contributed by atoms with van der Waals surface area (Å²) in [5.74, 6) is 0.487. The maximum atomic E-state index is 13.4. The lowest BCUT2D eigenvalue weighted by atomic mass is 10.2. The number of carbonyl (C=O) groups is 1. The minimum Gasteiger partial charge on any atom is -0.443 e. The molecule has 1 fully saturated rings. The molecule has 1 atom stereocenters. The number of nitrogens with zero attached hydrogens (tertiary/aromatic N) is 3. The molecule has 3 rings (SSSR count). The molecule has 2 heterocycles. The molecule has 10 heteroatoms. The summed E-state index contributed by atoms with van der Waals surface area (Å²) in [5.41, 5.74) is 8.69. The van der Waals surface area contributed by atoms with E-state index < -0.39 is 19.8 Å². The van der Waals surface area contributed by atoms with Gasteiger partial charge in [0.15, 0.2) is 0 Å². The van der Waals surface area contributed by atoms with E-state index in [0.717, 1.165) is 24.3 Å². The number of amides is 1. The number of carbonyl (C=O) groups excluding carboxylic acids is 1. The SMILES string of the molecule is CC(OCOCc1cc(N2CCOCC2)cc(N(Cc2cccc(N)c2)C(=O)OC(C)(C)C)n1)[Si](C)(C)C. The average molecular weight is 545 g/mol. The number of aromatic nitrogens is 1. The Bertz CT molecular complexity index is 1060. The number of anilines is 3. The predicted octanol–water partition coefficient (Wildman–Crippen LogP) is 5.20. The summed E-state index contributed by atoms with van der Waals surface area (Å²) in [5, 5.41) is 0. The molecule has 210 valence electrons. The molecule has 9 nitrogen and oxygen atoms in total. The van der Waals surface area contributed by atoms with E-state index in [-0.39, 0.29) is 25.7 Å². The number of ether oxygens (including phenoxy) is 4. The van der Waals surface area contributed by atoms with Gasteiger partial charge in [0.25, 0.3) is 0 Å². The van der Waals surface area contributed by atoms with Crippen molar-refractivity contribution in [2.75, 3.05) is 48.6 Å². The smallest absolute Gasteiger partial charge is 0.416 e. The first-order chi connectivity index (χ1) is 17.8. The third-order valence-corrected chi connectivity index (χ3v) is 8.88. The molecule has 1 aromatic heterocycles. The van der Waals surface area contributed by atoms with Crippen molar-refractivity contribution in [3.05, 3.63) is 47.7 Å². The summed E-state index contributed by atoms with van der Waals surface area (Å²) < 4.78 is 23.1. The average Bonchev–Trinajstić information content (AvgIpc) is 2.83. The lowest BCUT2D eigenvalue weighted by molar-refractivity contribution is -0.0724. The topological polar surface area (TPSA) is 99.4 Å². The maximum absolute atomic E-state index is 13.4. The van der Waals surface area contributed by atoms with Crippen molar-refractivity contribution in [1.29, 1.82) is 0 Å². The van der Waals surface area contributed by atoms with Gasteiger partial charge in [0.05, 0.1) is 40.1 Å². The number of morpholine rings is 1. The normalized spacial score (nSPS) is 15.3. The van der Waals surface area contributed by atoms with Crippen molar-refractivity contribution in [3.63, 3.8) is 0 Å². The maximum Gasteiger partial charge on any atom is 0.416 e.